The third-order valence-corrected chi connectivity index (χ3v) is 1.47. The van der Waals surface area contributed by atoms with Crippen molar-refractivity contribution < 1.29 is 24.2 Å². The van der Waals surface area contributed by atoms with Crippen LogP contribution in [0.1, 0.15) is 6.92 Å². The number of methoxy groups -OCH3 is 2. The molecule has 1 unspecified atom stereocenters. The molecule has 0 amide bonds. The largest absolute Gasteiger partial charge is 0.478 e. The molecule has 1 N–H and O–H groups in total. The molecule has 0 aromatic heterocycles. The van der Waals surface area contributed by atoms with Gasteiger partial charge in [0.25, 0.3) is 0 Å². The smallest absolute Gasteiger partial charge is 0.335 e. The van der Waals surface area contributed by atoms with E-state index in [1.165, 1.54) is 14.2 Å². The molecule has 0 aliphatic carbocycles. The van der Waals surface area contributed by atoms with E-state index in [1.54, 1.807) is 6.92 Å². The van der Waals surface area contributed by atoms with Crippen LogP contribution in [0.5, 0.6) is 0 Å². The van der Waals surface area contributed by atoms with Crippen molar-refractivity contribution in [3.8, 4) is 0 Å². The van der Waals surface area contributed by atoms with Crippen molar-refractivity contribution in [2.75, 3.05) is 14.2 Å². The Labute approximate surface area is 89.0 Å². The summed E-state index contributed by atoms with van der Waals surface area (Å²) in [5.41, 5.74) is 0.338. The highest BCUT2D eigenvalue weighted by molar-refractivity contribution is 5.88. The van der Waals surface area contributed by atoms with E-state index >= 15 is 0 Å². The first-order valence-electron chi connectivity index (χ1n) is 4.05. The van der Waals surface area contributed by atoms with Gasteiger partial charge in [-0.05, 0) is 6.92 Å². The predicted octanol–water partition coefficient (Wildman–Crippen LogP) is 1.01. The van der Waals surface area contributed by atoms with Gasteiger partial charge in [-0.25, -0.2) is 9.59 Å². The molecule has 0 aliphatic rings. The van der Waals surface area contributed by atoms with Gasteiger partial charge in [0, 0.05) is 13.2 Å². The van der Waals surface area contributed by atoms with Crippen molar-refractivity contribution in [1.29, 1.82) is 0 Å². The molecule has 15 heavy (non-hydrogen) atoms. The zero-order chi connectivity index (χ0) is 12.4. The maximum absolute atomic E-state index is 10.7. The van der Waals surface area contributed by atoms with Crippen LogP contribution in [0.4, 0.5) is 0 Å². The molecule has 0 rings (SSSR count). The van der Waals surface area contributed by atoms with Gasteiger partial charge in [0.2, 0.25) is 0 Å². The number of ether oxygens (including phenoxy) is 2. The summed E-state index contributed by atoms with van der Waals surface area (Å²) in [7, 11) is 2.83. The van der Waals surface area contributed by atoms with E-state index in [0.717, 1.165) is 6.08 Å². The van der Waals surface area contributed by atoms with Crippen LogP contribution >= 0.6 is 0 Å². The average molecular weight is 216 g/mol. The van der Waals surface area contributed by atoms with Crippen LogP contribution in [0, 0.1) is 0 Å². The van der Waals surface area contributed by atoms with Gasteiger partial charge in [-0.1, -0.05) is 13.2 Å². The zero-order valence-electron chi connectivity index (χ0n) is 9.15. The number of rotatable bonds is 4. The lowest BCUT2D eigenvalue weighted by Crippen LogP contribution is -2.16. The quantitative estimate of drug-likeness (QED) is 0.560. The molecule has 0 saturated carbocycles. The fourth-order valence-electron chi connectivity index (χ4n) is 0.439. The number of carboxylic acids is 1. The Hall–Kier alpha value is -1.62. The van der Waals surface area contributed by atoms with Crippen LogP contribution in [-0.4, -0.2) is 37.4 Å². The van der Waals surface area contributed by atoms with Crippen molar-refractivity contribution in [3.63, 3.8) is 0 Å². The van der Waals surface area contributed by atoms with Crippen LogP contribution in [-0.2, 0) is 19.1 Å². The van der Waals surface area contributed by atoms with Crippen molar-refractivity contribution >= 4 is 11.9 Å². The van der Waals surface area contributed by atoms with E-state index in [9.17, 15) is 9.59 Å². The Morgan fingerprint density at radius 1 is 1.40 bits per heavy atom. The maximum atomic E-state index is 10.7. The molecular formula is C10H16O5. The Morgan fingerprint density at radius 2 is 1.80 bits per heavy atom. The summed E-state index contributed by atoms with van der Waals surface area (Å²) in [5.74, 6) is -1.40. The van der Waals surface area contributed by atoms with Gasteiger partial charge in [-0.2, -0.15) is 0 Å². The molecule has 0 spiro atoms. The normalized spacial score (nSPS) is 10.3. The number of hydrogen-bond acceptors (Lipinski definition) is 4. The summed E-state index contributed by atoms with van der Waals surface area (Å²) in [6.45, 7) is 8.19. The summed E-state index contributed by atoms with van der Waals surface area (Å²) in [6, 6.07) is 0. The topological polar surface area (TPSA) is 72.8 Å². The van der Waals surface area contributed by atoms with Gasteiger partial charge in [-0.3, -0.25) is 0 Å². The molecule has 0 saturated heterocycles. The monoisotopic (exact) mass is 216 g/mol. The molecule has 0 aromatic carbocycles. The van der Waals surface area contributed by atoms with E-state index in [2.05, 4.69) is 17.9 Å². The van der Waals surface area contributed by atoms with Crippen LogP contribution in [0.15, 0.2) is 24.8 Å². The first-order valence-corrected chi connectivity index (χ1v) is 4.05. The molecule has 0 fully saturated rings. The van der Waals surface area contributed by atoms with Gasteiger partial charge in [-0.15, -0.1) is 0 Å². The second-order valence-corrected chi connectivity index (χ2v) is 2.44. The third kappa shape index (κ3) is 8.70. The van der Waals surface area contributed by atoms with Gasteiger partial charge in [0.1, 0.15) is 0 Å². The Kier molecular flexibility index (Phi) is 9.45. The molecule has 86 valence electrons. The minimum atomic E-state index is -0.981. The third-order valence-electron chi connectivity index (χ3n) is 1.47. The van der Waals surface area contributed by atoms with E-state index in [0.29, 0.717) is 5.57 Å². The Balaban J connectivity index is 0. The van der Waals surface area contributed by atoms with Gasteiger partial charge < -0.3 is 14.6 Å². The molecule has 0 aromatic rings. The first kappa shape index (κ1) is 15.8. The second kappa shape index (κ2) is 8.96. The van der Waals surface area contributed by atoms with Gasteiger partial charge in [0.15, 0.2) is 0 Å². The summed E-state index contributed by atoms with van der Waals surface area (Å²) < 4.78 is 9.25. The fourth-order valence-corrected chi connectivity index (χ4v) is 0.439. The lowest BCUT2D eigenvalue weighted by molar-refractivity contribution is -0.137. The molecule has 0 heterocycles. The van der Waals surface area contributed by atoms with Crippen molar-refractivity contribution in [2.24, 2.45) is 0 Å². The summed E-state index contributed by atoms with van der Waals surface area (Å²) in [4.78, 5) is 20.0. The zero-order valence-corrected chi connectivity index (χ0v) is 9.15. The summed E-state index contributed by atoms with van der Waals surface area (Å²) >= 11 is 0. The number of esters is 1. The molecule has 1 atom stereocenters. The Morgan fingerprint density at radius 3 is 2.00 bits per heavy atom. The number of carbonyl (C=O) groups excluding carboxylic acids is 1. The number of hydrogen-bond donors (Lipinski definition) is 1. The summed E-state index contributed by atoms with van der Waals surface area (Å²) in [6.07, 6.45) is 0.562. The van der Waals surface area contributed by atoms with Crippen LogP contribution in [0.2, 0.25) is 0 Å². The number of carbonyl (C=O) groups is 2. The summed E-state index contributed by atoms with van der Waals surface area (Å²) in [5, 5.41) is 7.60. The first-order chi connectivity index (χ1) is 6.90. The number of carboxylic acid groups (broad SMARTS) is 1. The number of aliphatic carboxylic acids is 1. The minimum Gasteiger partial charge on any atom is -0.478 e. The SMILES string of the molecule is C=C(C(=O)OC)C(C)OC.C=CC(=O)O. The van der Waals surface area contributed by atoms with E-state index < -0.39 is 11.9 Å². The minimum absolute atomic E-state index is 0.271. The molecule has 0 aliphatic heterocycles. The average Bonchev–Trinajstić information content (AvgIpc) is 2.26. The van der Waals surface area contributed by atoms with Crippen LogP contribution < -0.4 is 0 Å². The lowest BCUT2D eigenvalue weighted by Gasteiger charge is -2.09. The van der Waals surface area contributed by atoms with E-state index in [-0.39, 0.29) is 6.10 Å². The van der Waals surface area contributed by atoms with Crippen molar-refractivity contribution in [3.05, 3.63) is 24.8 Å². The van der Waals surface area contributed by atoms with Gasteiger partial charge >= 0.3 is 11.9 Å². The fraction of sp³-hybridized carbons (Fsp3) is 0.400. The van der Waals surface area contributed by atoms with E-state index in [1.807, 2.05) is 0 Å². The predicted molar refractivity (Wildman–Crippen MR) is 55.5 cm³/mol. The Bertz CT molecular complexity index is 244. The van der Waals surface area contributed by atoms with Gasteiger partial charge in [0.05, 0.1) is 18.8 Å². The van der Waals surface area contributed by atoms with E-state index in [4.69, 9.17) is 9.84 Å². The molecule has 0 bridgehead atoms. The van der Waals surface area contributed by atoms with Crippen LogP contribution in [0.25, 0.3) is 0 Å². The lowest BCUT2D eigenvalue weighted by atomic mass is 10.2. The van der Waals surface area contributed by atoms with Crippen molar-refractivity contribution in [1.82, 2.24) is 0 Å². The second-order valence-electron chi connectivity index (χ2n) is 2.44. The molecule has 5 nitrogen and oxygen atoms in total. The standard InChI is InChI=1S/C7H12O3.C3H4O2/c1-5(6(2)9-3)7(8)10-4;1-2-3(4)5/h6H,1H2,2-4H3;2H,1H2,(H,4,5). The van der Waals surface area contributed by atoms with Crippen molar-refractivity contribution in [2.45, 2.75) is 13.0 Å². The highest BCUT2D eigenvalue weighted by Gasteiger charge is 2.13. The maximum Gasteiger partial charge on any atom is 0.335 e. The van der Waals surface area contributed by atoms with Crippen LogP contribution in [0.3, 0.4) is 0 Å². The molecule has 5 heteroatoms. The molecule has 0 radical (unpaired) electrons. The highest BCUT2D eigenvalue weighted by Crippen LogP contribution is 2.03. The highest BCUT2D eigenvalue weighted by atomic mass is 16.5. The molecular weight excluding hydrogens is 200 g/mol.